The van der Waals surface area contributed by atoms with Crippen molar-refractivity contribution in [2.45, 2.75) is 12.8 Å². The molecule has 2 aromatic rings. The van der Waals surface area contributed by atoms with E-state index in [9.17, 15) is 0 Å². The first-order valence-electron chi connectivity index (χ1n) is 5.12. The molecule has 1 aliphatic rings. The summed E-state index contributed by atoms with van der Waals surface area (Å²) in [6, 6.07) is 8.44. The lowest BCUT2D eigenvalue weighted by atomic mass is 10.2. The number of nitrogens with zero attached hydrogens (tertiary/aromatic N) is 1. The molecule has 2 heterocycles. The van der Waals surface area contributed by atoms with Gasteiger partial charge in [0.25, 0.3) is 0 Å². The van der Waals surface area contributed by atoms with Crippen molar-refractivity contribution in [1.82, 2.24) is 4.98 Å². The molecular weight excluding hydrogens is 202 g/mol. The smallest absolute Gasteiger partial charge is 0.0694 e. The van der Waals surface area contributed by atoms with Crippen molar-refractivity contribution in [2.24, 2.45) is 0 Å². The second-order valence-corrected chi connectivity index (χ2v) is 4.68. The Hall–Kier alpha value is -1.41. The van der Waals surface area contributed by atoms with Crippen LogP contribution in [-0.2, 0) is 6.42 Å². The zero-order valence-electron chi connectivity index (χ0n) is 8.31. The number of aryl methyl sites for hydroxylation is 1. The highest BCUT2D eigenvalue weighted by Gasteiger charge is 2.16. The maximum Gasteiger partial charge on any atom is 0.0694 e. The van der Waals surface area contributed by atoms with Gasteiger partial charge in [-0.25, -0.2) is 0 Å². The molecule has 1 aliphatic carbocycles. The van der Waals surface area contributed by atoms with Crippen molar-refractivity contribution in [1.29, 1.82) is 0 Å². The normalized spacial score (nSPS) is 16.9. The summed E-state index contributed by atoms with van der Waals surface area (Å²) in [5.74, 6) is 0. The molecule has 2 aromatic heterocycles. The summed E-state index contributed by atoms with van der Waals surface area (Å²) in [5, 5.41) is 2.11. The first-order chi connectivity index (χ1) is 7.43. The summed E-state index contributed by atoms with van der Waals surface area (Å²) in [6.07, 6.45) is 6.42. The quantitative estimate of drug-likeness (QED) is 0.705. The zero-order valence-corrected chi connectivity index (χ0v) is 9.13. The third-order valence-corrected chi connectivity index (χ3v) is 3.54. The van der Waals surface area contributed by atoms with E-state index in [4.69, 9.17) is 0 Å². The van der Waals surface area contributed by atoms with E-state index in [2.05, 4.69) is 34.6 Å². The van der Waals surface area contributed by atoms with E-state index in [0.29, 0.717) is 0 Å². The molecule has 0 N–H and O–H groups in total. The molecule has 0 radical (unpaired) electrons. The first-order valence-corrected chi connectivity index (χ1v) is 6.00. The van der Waals surface area contributed by atoms with E-state index in [-0.39, 0.29) is 0 Å². The topological polar surface area (TPSA) is 12.9 Å². The maximum atomic E-state index is 4.46. The second kappa shape index (κ2) is 3.63. The Bertz CT molecular complexity index is 497. The molecule has 0 spiro atoms. The lowest BCUT2D eigenvalue weighted by Gasteiger charge is -1.97. The van der Waals surface area contributed by atoms with Crippen molar-refractivity contribution in [3.63, 3.8) is 0 Å². The van der Waals surface area contributed by atoms with Crippen LogP contribution in [0, 0.1) is 0 Å². The minimum atomic E-state index is 1.13. The van der Waals surface area contributed by atoms with Gasteiger partial charge in [0.05, 0.1) is 5.69 Å². The van der Waals surface area contributed by atoms with Crippen LogP contribution in [0.25, 0.3) is 11.6 Å². The van der Waals surface area contributed by atoms with Crippen molar-refractivity contribution < 1.29 is 0 Å². The van der Waals surface area contributed by atoms with E-state index in [0.717, 1.165) is 12.8 Å². The summed E-state index contributed by atoms with van der Waals surface area (Å²) < 4.78 is 0. The number of hydrogen-bond donors (Lipinski definition) is 0. The summed E-state index contributed by atoms with van der Waals surface area (Å²) in [7, 11) is 0. The number of hydrogen-bond acceptors (Lipinski definition) is 2. The number of rotatable bonds is 1. The van der Waals surface area contributed by atoms with E-state index < -0.39 is 0 Å². The van der Waals surface area contributed by atoms with Crippen LogP contribution >= 0.6 is 11.3 Å². The van der Waals surface area contributed by atoms with Gasteiger partial charge in [0.2, 0.25) is 0 Å². The van der Waals surface area contributed by atoms with Crippen molar-refractivity contribution >= 4 is 23.0 Å². The molecule has 0 aliphatic heterocycles. The van der Waals surface area contributed by atoms with Crippen LogP contribution in [0.15, 0.2) is 35.8 Å². The van der Waals surface area contributed by atoms with Crippen LogP contribution in [0.2, 0.25) is 0 Å². The van der Waals surface area contributed by atoms with Gasteiger partial charge in [0.15, 0.2) is 0 Å². The Morgan fingerprint density at radius 3 is 3.07 bits per heavy atom. The zero-order chi connectivity index (χ0) is 10.1. The maximum absolute atomic E-state index is 4.46. The number of allylic oxidation sites excluding steroid dienone is 1. The molecule has 0 fully saturated rings. The van der Waals surface area contributed by atoms with Crippen LogP contribution in [0.4, 0.5) is 0 Å². The molecular formula is C13H11NS. The minimum absolute atomic E-state index is 1.13. The number of thiophene rings is 1. The van der Waals surface area contributed by atoms with Crippen molar-refractivity contribution in [2.75, 3.05) is 0 Å². The van der Waals surface area contributed by atoms with Gasteiger partial charge in [-0.15, -0.1) is 11.3 Å². The molecule has 0 saturated carbocycles. The molecule has 0 amide bonds. The minimum Gasteiger partial charge on any atom is -0.256 e. The molecule has 0 aromatic carbocycles. The van der Waals surface area contributed by atoms with Crippen LogP contribution in [-0.4, -0.2) is 4.98 Å². The van der Waals surface area contributed by atoms with Crippen LogP contribution in [0.5, 0.6) is 0 Å². The van der Waals surface area contributed by atoms with Gasteiger partial charge in [-0.2, -0.15) is 0 Å². The van der Waals surface area contributed by atoms with E-state index >= 15 is 0 Å². The predicted molar refractivity (Wildman–Crippen MR) is 64.7 cm³/mol. The van der Waals surface area contributed by atoms with Gasteiger partial charge >= 0.3 is 0 Å². The van der Waals surface area contributed by atoms with Gasteiger partial charge in [0.1, 0.15) is 0 Å². The number of aromatic nitrogens is 1. The van der Waals surface area contributed by atoms with Gasteiger partial charge < -0.3 is 0 Å². The summed E-state index contributed by atoms with van der Waals surface area (Å²) in [5.41, 5.74) is 3.97. The first kappa shape index (κ1) is 8.86. The Morgan fingerprint density at radius 2 is 2.20 bits per heavy atom. The third kappa shape index (κ3) is 1.61. The SMILES string of the molecule is C(=C1\CCc2cccnc21)/c1cccs1. The third-order valence-electron chi connectivity index (χ3n) is 2.72. The molecule has 74 valence electrons. The fourth-order valence-electron chi connectivity index (χ4n) is 2.00. The van der Waals surface area contributed by atoms with Gasteiger partial charge in [0, 0.05) is 11.1 Å². The van der Waals surface area contributed by atoms with Gasteiger partial charge in [-0.3, -0.25) is 4.98 Å². The van der Waals surface area contributed by atoms with Crippen molar-refractivity contribution in [3.05, 3.63) is 52.0 Å². The lowest BCUT2D eigenvalue weighted by molar-refractivity contribution is 1.08. The largest absolute Gasteiger partial charge is 0.256 e. The Kier molecular flexibility index (Phi) is 2.14. The highest BCUT2D eigenvalue weighted by Crippen LogP contribution is 2.32. The van der Waals surface area contributed by atoms with Crippen molar-refractivity contribution in [3.8, 4) is 0 Å². The predicted octanol–water partition coefficient (Wildman–Crippen LogP) is 3.63. The molecule has 0 bridgehead atoms. The number of pyridine rings is 1. The summed E-state index contributed by atoms with van der Waals surface area (Å²) in [4.78, 5) is 5.78. The molecule has 0 unspecified atom stereocenters. The van der Waals surface area contributed by atoms with E-state index in [1.807, 2.05) is 12.3 Å². The lowest BCUT2D eigenvalue weighted by Crippen LogP contribution is -1.84. The van der Waals surface area contributed by atoms with Gasteiger partial charge in [-0.05, 0) is 47.6 Å². The molecule has 0 atom stereocenters. The van der Waals surface area contributed by atoms with Crippen LogP contribution in [0.1, 0.15) is 22.6 Å². The van der Waals surface area contributed by atoms with Crippen LogP contribution < -0.4 is 0 Å². The van der Waals surface area contributed by atoms with E-state index in [1.165, 1.54) is 21.7 Å². The molecule has 3 rings (SSSR count). The van der Waals surface area contributed by atoms with Gasteiger partial charge in [-0.1, -0.05) is 12.1 Å². The molecule has 15 heavy (non-hydrogen) atoms. The average molecular weight is 213 g/mol. The Balaban J connectivity index is 2.04. The number of fused-ring (bicyclic) bond motifs is 1. The molecule has 0 saturated heterocycles. The van der Waals surface area contributed by atoms with E-state index in [1.54, 1.807) is 11.3 Å². The monoisotopic (exact) mass is 213 g/mol. The highest BCUT2D eigenvalue weighted by molar-refractivity contribution is 7.10. The summed E-state index contributed by atoms with van der Waals surface area (Å²) >= 11 is 1.78. The fraction of sp³-hybridized carbons (Fsp3) is 0.154. The fourth-order valence-corrected chi connectivity index (χ4v) is 2.68. The Morgan fingerprint density at radius 1 is 1.20 bits per heavy atom. The average Bonchev–Trinajstić information content (AvgIpc) is 2.89. The Labute approximate surface area is 93.1 Å². The second-order valence-electron chi connectivity index (χ2n) is 3.70. The highest BCUT2D eigenvalue weighted by atomic mass is 32.1. The molecule has 1 nitrogen and oxygen atoms in total. The van der Waals surface area contributed by atoms with Crippen LogP contribution in [0.3, 0.4) is 0 Å². The standard InChI is InChI=1S/C13H11NS/c1-3-10-5-6-11(13(10)14-7-1)9-12-4-2-8-15-12/h1-4,7-9H,5-6H2/b11-9-. The summed E-state index contributed by atoms with van der Waals surface area (Å²) in [6.45, 7) is 0. The molecule has 2 heteroatoms.